The van der Waals surface area contributed by atoms with Gasteiger partial charge in [0.1, 0.15) is 0 Å². The van der Waals surface area contributed by atoms with Crippen molar-refractivity contribution in [2.45, 2.75) is 25.4 Å². The second kappa shape index (κ2) is 2.21. The SMILES string of the molecule is O=C(O)[C@@H]1C[C@H]2C[C@@H]1[C@H](O)C2. The molecule has 4 atom stereocenters. The summed E-state index contributed by atoms with van der Waals surface area (Å²) in [5.41, 5.74) is 0. The van der Waals surface area contributed by atoms with Gasteiger partial charge in [0.15, 0.2) is 0 Å². The van der Waals surface area contributed by atoms with Crippen molar-refractivity contribution in [3.8, 4) is 0 Å². The van der Waals surface area contributed by atoms with Gasteiger partial charge >= 0.3 is 5.97 Å². The summed E-state index contributed by atoms with van der Waals surface area (Å²) in [6.45, 7) is 0. The number of carboxylic acids is 1. The summed E-state index contributed by atoms with van der Waals surface area (Å²) >= 11 is 0. The third-order valence-corrected chi connectivity index (χ3v) is 3.10. The molecule has 0 aromatic rings. The maximum absolute atomic E-state index is 10.6. The first-order chi connectivity index (χ1) is 5.18. The molecule has 2 bridgehead atoms. The maximum atomic E-state index is 10.6. The molecule has 0 unspecified atom stereocenters. The van der Waals surface area contributed by atoms with E-state index in [0.717, 1.165) is 19.3 Å². The van der Waals surface area contributed by atoms with E-state index in [4.69, 9.17) is 5.11 Å². The van der Waals surface area contributed by atoms with Crippen LogP contribution in [0.25, 0.3) is 0 Å². The lowest BCUT2D eigenvalue weighted by molar-refractivity contribution is -0.145. The van der Waals surface area contributed by atoms with Crippen molar-refractivity contribution < 1.29 is 15.0 Å². The van der Waals surface area contributed by atoms with Crippen LogP contribution in [-0.4, -0.2) is 22.3 Å². The fourth-order valence-corrected chi connectivity index (χ4v) is 2.60. The van der Waals surface area contributed by atoms with E-state index in [1.807, 2.05) is 0 Å². The van der Waals surface area contributed by atoms with E-state index in [0.29, 0.717) is 5.92 Å². The topological polar surface area (TPSA) is 57.5 Å². The largest absolute Gasteiger partial charge is 0.481 e. The minimum atomic E-state index is -0.726. The lowest BCUT2D eigenvalue weighted by atomic mass is 9.87. The molecule has 11 heavy (non-hydrogen) atoms. The van der Waals surface area contributed by atoms with Crippen LogP contribution in [0.1, 0.15) is 19.3 Å². The van der Waals surface area contributed by atoms with Crippen LogP contribution in [0.15, 0.2) is 0 Å². The molecule has 0 radical (unpaired) electrons. The number of rotatable bonds is 1. The van der Waals surface area contributed by atoms with Gasteiger partial charge in [0.05, 0.1) is 12.0 Å². The van der Waals surface area contributed by atoms with Gasteiger partial charge in [-0.25, -0.2) is 0 Å². The summed E-state index contributed by atoms with van der Waals surface area (Å²) in [5.74, 6) is -0.450. The number of hydrogen-bond acceptors (Lipinski definition) is 2. The van der Waals surface area contributed by atoms with Crippen molar-refractivity contribution in [3.05, 3.63) is 0 Å². The van der Waals surface area contributed by atoms with Crippen LogP contribution in [0.4, 0.5) is 0 Å². The first-order valence-corrected chi connectivity index (χ1v) is 4.09. The minimum absolute atomic E-state index is 0.0532. The van der Waals surface area contributed by atoms with Crippen LogP contribution in [0.2, 0.25) is 0 Å². The fourth-order valence-electron chi connectivity index (χ4n) is 2.60. The Morgan fingerprint density at radius 2 is 2.00 bits per heavy atom. The molecule has 3 nitrogen and oxygen atoms in total. The molecule has 0 aromatic heterocycles. The predicted molar refractivity (Wildman–Crippen MR) is 38.0 cm³/mol. The quantitative estimate of drug-likeness (QED) is 0.580. The van der Waals surface area contributed by atoms with Gasteiger partial charge in [-0.3, -0.25) is 4.79 Å². The van der Waals surface area contributed by atoms with Crippen LogP contribution in [-0.2, 0) is 4.79 Å². The van der Waals surface area contributed by atoms with Crippen LogP contribution in [0, 0.1) is 17.8 Å². The summed E-state index contributed by atoms with van der Waals surface area (Å²) in [6, 6.07) is 0. The summed E-state index contributed by atoms with van der Waals surface area (Å²) in [6.07, 6.45) is 2.21. The van der Waals surface area contributed by atoms with Crippen molar-refractivity contribution >= 4 is 5.97 Å². The van der Waals surface area contributed by atoms with Crippen molar-refractivity contribution in [1.29, 1.82) is 0 Å². The zero-order valence-corrected chi connectivity index (χ0v) is 6.23. The van der Waals surface area contributed by atoms with Gasteiger partial charge in [-0.2, -0.15) is 0 Å². The van der Waals surface area contributed by atoms with E-state index in [1.54, 1.807) is 0 Å². The molecule has 0 heterocycles. The molecule has 0 amide bonds. The van der Waals surface area contributed by atoms with Gasteiger partial charge in [0.25, 0.3) is 0 Å². The van der Waals surface area contributed by atoms with E-state index in [-0.39, 0.29) is 17.9 Å². The molecule has 0 spiro atoms. The number of aliphatic hydroxyl groups excluding tert-OH is 1. The normalized spacial score (nSPS) is 48.1. The van der Waals surface area contributed by atoms with Crippen LogP contribution >= 0.6 is 0 Å². The molecule has 2 aliphatic rings. The van der Waals surface area contributed by atoms with Gasteiger partial charge in [-0.15, -0.1) is 0 Å². The molecule has 62 valence electrons. The fraction of sp³-hybridized carbons (Fsp3) is 0.875. The van der Waals surface area contributed by atoms with Crippen molar-refractivity contribution in [2.24, 2.45) is 17.8 Å². The predicted octanol–water partition coefficient (Wildman–Crippen LogP) is 0.478. The molecular weight excluding hydrogens is 144 g/mol. The first kappa shape index (κ1) is 7.10. The van der Waals surface area contributed by atoms with E-state index in [2.05, 4.69) is 0 Å². The number of carbonyl (C=O) groups is 1. The van der Waals surface area contributed by atoms with Crippen molar-refractivity contribution in [2.75, 3.05) is 0 Å². The third kappa shape index (κ3) is 0.948. The van der Waals surface area contributed by atoms with E-state index < -0.39 is 5.97 Å². The number of aliphatic hydroxyl groups is 1. The second-order valence-electron chi connectivity index (χ2n) is 3.75. The Morgan fingerprint density at radius 1 is 1.27 bits per heavy atom. The van der Waals surface area contributed by atoms with Gasteiger partial charge < -0.3 is 10.2 Å². The molecule has 0 aromatic carbocycles. The average molecular weight is 156 g/mol. The molecule has 2 saturated carbocycles. The summed E-state index contributed by atoms with van der Waals surface area (Å²) in [5, 5.41) is 18.1. The van der Waals surface area contributed by atoms with E-state index in [1.165, 1.54) is 0 Å². The zero-order valence-electron chi connectivity index (χ0n) is 6.23. The third-order valence-electron chi connectivity index (χ3n) is 3.10. The van der Waals surface area contributed by atoms with E-state index in [9.17, 15) is 9.90 Å². The Morgan fingerprint density at radius 3 is 2.36 bits per heavy atom. The van der Waals surface area contributed by atoms with Gasteiger partial charge in [-0.05, 0) is 31.1 Å². The number of hydrogen-bond donors (Lipinski definition) is 2. The zero-order chi connectivity index (χ0) is 8.01. The summed E-state index contributed by atoms with van der Waals surface area (Å²) in [4.78, 5) is 10.6. The molecule has 0 aliphatic heterocycles. The van der Waals surface area contributed by atoms with Crippen molar-refractivity contribution in [3.63, 3.8) is 0 Å². The lowest BCUT2D eigenvalue weighted by Gasteiger charge is -2.22. The summed E-state index contributed by atoms with van der Waals surface area (Å²) in [7, 11) is 0. The Balaban J connectivity index is 2.12. The highest BCUT2D eigenvalue weighted by molar-refractivity contribution is 5.71. The first-order valence-electron chi connectivity index (χ1n) is 4.09. The Hall–Kier alpha value is -0.570. The Kier molecular flexibility index (Phi) is 1.42. The van der Waals surface area contributed by atoms with Crippen LogP contribution < -0.4 is 0 Å². The molecule has 2 N–H and O–H groups in total. The number of carboxylic acid groups (broad SMARTS) is 1. The highest BCUT2D eigenvalue weighted by atomic mass is 16.4. The lowest BCUT2D eigenvalue weighted by Crippen LogP contribution is -2.29. The second-order valence-corrected chi connectivity index (χ2v) is 3.75. The van der Waals surface area contributed by atoms with Gasteiger partial charge in [0.2, 0.25) is 0 Å². The Labute approximate surface area is 65.0 Å². The number of aliphatic carboxylic acids is 1. The monoisotopic (exact) mass is 156 g/mol. The molecule has 2 aliphatic carbocycles. The molecule has 0 saturated heterocycles. The smallest absolute Gasteiger partial charge is 0.306 e. The highest BCUT2D eigenvalue weighted by Gasteiger charge is 2.48. The highest BCUT2D eigenvalue weighted by Crippen LogP contribution is 2.48. The minimum Gasteiger partial charge on any atom is -0.481 e. The molecule has 3 heteroatoms. The van der Waals surface area contributed by atoms with Crippen LogP contribution in [0.3, 0.4) is 0 Å². The van der Waals surface area contributed by atoms with Crippen LogP contribution in [0.5, 0.6) is 0 Å². The van der Waals surface area contributed by atoms with E-state index >= 15 is 0 Å². The standard InChI is InChI=1S/C8H12O3/c9-7-3-4-1-5(7)6(2-4)8(10)11/h4-7,9H,1-3H2,(H,10,11)/t4-,5+,6-,7-/m1/s1. The number of fused-ring (bicyclic) bond motifs is 2. The van der Waals surface area contributed by atoms with Crippen molar-refractivity contribution in [1.82, 2.24) is 0 Å². The molecule has 2 fully saturated rings. The van der Waals surface area contributed by atoms with Gasteiger partial charge in [0, 0.05) is 0 Å². The maximum Gasteiger partial charge on any atom is 0.306 e. The van der Waals surface area contributed by atoms with Gasteiger partial charge in [-0.1, -0.05) is 0 Å². The average Bonchev–Trinajstić information content (AvgIpc) is 2.43. The molecular formula is C8H12O3. The summed E-state index contributed by atoms with van der Waals surface area (Å²) < 4.78 is 0. The molecule has 2 rings (SSSR count). The Bertz CT molecular complexity index is 190.